The Bertz CT molecular complexity index is 1150. The van der Waals surface area contributed by atoms with Crippen LogP contribution in [0.1, 0.15) is 35.9 Å². The first-order chi connectivity index (χ1) is 17.0. The molecule has 0 spiro atoms. The van der Waals surface area contributed by atoms with Crippen molar-refractivity contribution in [2.24, 2.45) is 0 Å². The number of amides is 1. The van der Waals surface area contributed by atoms with E-state index >= 15 is 0 Å². The fourth-order valence-corrected chi connectivity index (χ4v) is 3.73. The number of nitrogens with zero attached hydrogens (tertiary/aromatic N) is 3. The van der Waals surface area contributed by atoms with Gasteiger partial charge < -0.3 is 14.8 Å². The molecule has 0 fully saturated rings. The lowest BCUT2D eigenvalue weighted by Gasteiger charge is -2.10. The fraction of sp³-hybridized carbons (Fsp3) is 0.280. The summed E-state index contributed by atoms with van der Waals surface area (Å²) in [5, 5.41) is 11.5. The molecule has 0 unspecified atom stereocenters. The first kappa shape index (κ1) is 26.0. The lowest BCUT2D eigenvalue weighted by Crippen LogP contribution is -2.15. The van der Waals surface area contributed by atoms with Crippen molar-refractivity contribution in [1.29, 1.82) is 0 Å². The van der Waals surface area contributed by atoms with Crippen LogP contribution in [0, 0.1) is 5.82 Å². The molecule has 10 heteroatoms. The number of carbonyl (C=O) groups is 2. The third-order valence-electron chi connectivity index (χ3n) is 4.77. The predicted molar refractivity (Wildman–Crippen MR) is 132 cm³/mol. The number of aromatic nitrogens is 3. The summed E-state index contributed by atoms with van der Waals surface area (Å²) in [5.74, 6) is -0.403. The third-order valence-corrected chi connectivity index (χ3v) is 5.73. The van der Waals surface area contributed by atoms with Crippen LogP contribution in [0.5, 0.6) is 5.75 Å². The van der Waals surface area contributed by atoms with Crippen LogP contribution in [0.3, 0.4) is 0 Å². The molecule has 3 rings (SSSR count). The number of anilines is 1. The van der Waals surface area contributed by atoms with Crippen molar-refractivity contribution in [3.63, 3.8) is 0 Å². The van der Waals surface area contributed by atoms with Gasteiger partial charge in [-0.15, -0.1) is 16.8 Å². The number of halogens is 1. The lowest BCUT2D eigenvalue weighted by molar-refractivity contribution is -0.113. The number of nitrogens with one attached hydrogen (secondary N) is 1. The minimum atomic E-state index is -0.463. The molecule has 184 valence electrons. The number of hydrogen-bond donors (Lipinski definition) is 1. The van der Waals surface area contributed by atoms with Crippen LogP contribution in [0.15, 0.2) is 66.3 Å². The van der Waals surface area contributed by atoms with Crippen molar-refractivity contribution < 1.29 is 23.5 Å². The van der Waals surface area contributed by atoms with Gasteiger partial charge in [0.15, 0.2) is 22.5 Å². The molecule has 35 heavy (non-hydrogen) atoms. The molecule has 8 nitrogen and oxygen atoms in total. The number of carbonyl (C=O) groups excluding carboxylic acids is 2. The summed E-state index contributed by atoms with van der Waals surface area (Å²) >= 11 is 1.21. The second-order valence-electron chi connectivity index (χ2n) is 7.42. The number of unbranched alkanes of at least 4 members (excludes halogenated alkanes) is 1. The normalized spacial score (nSPS) is 10.6. The summed E-state index contributed by atoms with van der Waals surface area (Å²) in [6.07, 6.45) is 3.44. The topological polar surface area (TPSA) is 95.3 Å². The van der Waals surface area contributed by atoms with Gasteiger partial charge in [0, 0.05) is 12.2 Å². The number of benzene rings is 2. The molecule has 0 bridgehead atoms. The third kappa shape index (κ3) is 7.68. The highest BCUT2D eigenvalue weighted by molar-refractivity contribution is 7.99. The van der Waals surface area contributed by atoms with Crippen LogP contribution < -0.4 is 10.1 Å². The smallest absolute Gasteiger partial charge is 0.338 e. The van der Waals surface area contributed by atoms with Gasteiger partial charge in [-0.25, -0.2) is 9.18 Å². The minimum Gasteiger partial charge on any atom is -0.483 e. The molecule has 1 aromatic heterocycles. The SMILES string of the molecule is C=CCn1c(COc2ccccc2F)nnc1SCC(=O)Nc1ccc(C(=O)OCCCC)cc1. The van der Waals surface area contributed by atoms with Crippen molar-refractivity contribution >= 4 is 29.3 Å². The van der Waals surface area contributed by atoms with Crippen LogP contribution in [0.4, 0.5) is 10.1 Å². The van der Waals surface area contributed by atoms with Gasteiger partial charge in [0.2, 0.25) is 5.91 Å². The molecule has 3 aromatic rings. The molecule has 0 saturated heterocycles. The summed E-state index contributed by atoms with van der Waals surface area (Å²) < 4.78 is 26.3. The van der Waals surface area contributed by atoms with Gasteiger partial charge in [-0.05, 0) is 42.8 Å². The van der Waals surface area contributed by atoms with E-state index in [9.17, 15) is 14.0 Å². The number of ether oxygens (including phenoxy) is 2. The standard InChI is InChI=1S/C25H27FN4O4S/c1-3-5-15-33-24(32)18-10-12-19(13-11-18)27-23(31)17-35-25-29-28-22(30(25)14-4-2)16-34-21-9-7-6-8-20(21)26/h4,6-13H,2-3,5,14-17H2,1H3,(H,27,31). The fourth-order valence-electron chi connectivity index (χ4n) is 2.96. The molecule has 0 aliphatic heterocycles. The highest BCUT2D eigenvalue weighted by Crippen LogP contribution is 2.21. The largest absolute Gasteiger partial charge is 0.483 e. The molecule has 1 amide bonds. The average Bonchev–Trinajstić information content (AvgIpc) is 3.24. The van der Waals surface area contributed by atoms with E-state index in [0.717, 1.165) is 12.8 Å². The first-order valence-electron chi connectivity index (χ1n) is 11.1. The number of rotatable bonds is 13. The maximum absolute atomic E-state index is 13.8. The summed E-state index contributed by atoms with van der Waals surface area (Å²) in [6.45, 7) is 6.57. The second-order valence-corrected chi connectivity index (χ2v) is 8.36. The molecule has 0 saturated carbocycles. The number of hydrogen-bond acceptors (Lipinski definition) is 7. The van der Waals surface area contributed by atoms with Crippen LogP contribution in [0.25, 0.3) is 0 Å². The Balaban J connectivity index is 1.54. The second kappa shape index (κ2) is 13.3. The predicted octanol–water partition coefficient (Wildman–Crippen LogP) is 4.87. The van der Waals surface area contributed by atoms with Gasteiger partial charge in [0.1, 0.15) is 6.61 Å². The summed E-state index contributed by atoms with van der Waals surface area (Å²) in [7, 11) is 0. The van der Waals surface area contributed by atoms with Crippen molar-refractivity contribution in [3.8, 4) is 5.75 Å². The van der Waals surface area contributed by atoms with E-state index < -0.39 is 5.82 Å². The molecule has 2 aromatic carbocycles. The van der Waals surface area contributed by atoms with E-state index in [-0.39, 0.29) is 30.0 Å². The number of allylic oxidation sites excluding steroid dienone is 1. The molecule has 0 aliphatic carbocycles. The molecule has 0 atom stereocenters. The Labute approximate surface area is 207 Å². The van der Waals surface area contributed by atoms with Crippen molar-refractivity contribution in [2.75, 3.05) is 17.7 Å². The quantitative estimate of drug-likeness (QED) is 0.155. The van der Waals surface area contributed by atoms with Gasteiger partial charge in [0.25, 0.3) is 0 Å². The molecule has 1 heterocycles. The number of thioether (sulfide) groups is 1. The van der Waals surface area contributed by atoms with E-state index in [0.29, 0.717) is 35.4 Å². The Morgan fingerprint density at radius 2 is 1.94 bits per heavy atom. The van der Waals surface area contributed by atoms with E-state index in [1.807, 2.05) is 6.92 Å². The lowest BCUT2D eigenvalue weighted by atomic mass is 10.2. The summed E-state index contributed by atoms with van der Waals surface area (Å²) in [4.78, 5) is 24.4. The Kier molecular flexibility index (Phi) is 9.85. The van der Waals surface area contributed by atoms with Gasteiger partial charge in [0.05, 0.1) is 17.9 Å². The van der Waals surface area contributed by atoms with Gasteiger partial charge in [-0.2, -0.15) is 0 Å². The van der Waals surface area contributed by atoms with Crippen molar-refractivity contribution in [1.82, 2.24) is 14.8 Å². The summed E-state index contributed by atoms with van der Waals surface area (Å²) in [5.41, 5.74) is 0.989. The van der Waals surface area contributed by atoms with Crippen molar-refractivity contribution in [2.45, 2.75) is 38.1 Å². The Morgan fingerprint density at radius 1 is 1.17 bits per heavy atom. The zero-order valence-corrected chi connectivity index (χ0v) is 20.2. The van der Waals surface area contributed by atoms with Crippen LogP contribution in [-0.2, 0) is 22.7 Å². The van der Waals surface area contributed by atoms with Crippen LogP contribution >= 0.6 is 11.8 Å². The Morgan fingerprint density at radius 3 is 2.66 bits per heavy atom. The van der Waals surface area contributed by atoms with E-state index in [2.05, 4.69) is 22.1 Å². The van der Waals surface area contributed by atoms with Gasteiger partial charge >= 0.3 is 5.97 Å². The molecule has 1 N–H and O–H groups in total. The highest BCUT2D eigenvalue weighted by Gasteiger charge is 2.15. The first-order valence-corrected chi connectivity index (χ1v) is 12.1. The maximum Gasteiger partial charge on any atom is 0.338 e. The van der Waals surface area contributed by atoms with Gasteiger partial charge in [-0.3, -0.25) is 9.36 Å². The molecule has 0 aliphatic rings. The number of esters is 1. The van der Waals surface area contributed by atoms with E-state index in [1.54, 1.807) is 47.0 Å². The molecular weight excluding hydrogens is 471 g/mol. The highest BCUT2D eigenvalue weighted by atomic mass is 32.2. The zero-order valence-electron chi connectivity index (χ0n) is 19.4. The van der Waals surface area contributed by atoms with Gasteiger partial charge in [-0.1, -0.05) is 43.3 Å². The van der Waals surface area contributed by atoms with Crippen LogP contribution in [-0.4, -0.2) is 39.0 Å². The average molecular weight is 499 g/mol. The van der Waals surface area contributed by atoms with E-state index in [4.69, 9.17) is 9.47 Å². The summed E-state index contributed by atoms with van der Waals surface area (Å²) in [6, 6.07) is 12.6. The van der Waals surface area contributed by atoms with Crippen LogP contribution in [0.2, 0.25) is 0 Å². The monoisotopic (exact) mass is 498 g/mol. The van der Waals surface area contributed by atoms with Crippen molar-refractivity contribution in [3.05, 3.63) is 78.4 Å². The maximum atomic E-state index is 13.8. The molecular formula is C25H27FN4O4S. The Hall–Kier alpha value is -3.66. The molecule has 0 radical (unpaired) electrons. The van der Waals surface area contributed by atoms with E-state index in [1.165, 1.54) is 23.9 Å². The number of para-hydroxylation sites is 1. The minimum absolute atomic E-state index is 0.0156. The zero-order chi connectivity index (χ0) is 25.0.